The van der Waals surface area contributed by atoms with E-state index < -0.39 is 5.97 Å². The number of hydrogen-bond donors (Lipinski definition) is 2. The van der Waals surface area contributed by atoms with Gasteiger partial charge in [-0.1, -0.05) is 6.58 Å². The zero-order valence-corrected chi connectivity index (χ0v) is 15.9. The lowest BCUT2D eigenvalue weighted by Crippen LogP contribution is -3.11. The highest BCUT2D eigenvalue weighted by molar-refractivity contribution is 5.82. The first kappa shape index (κ1) is 28.6. The Morgan fingerprint density at radius 1 is 0.810 bits per heavy atom. The second-order valence-corrected chi connectivity index (χ2v) is 4.69. The van der Waals surface area contributed by atoms with Gasteiger partial charge in [0.1, 0.15) is 0 Å². The second kappa shape index (κ2) is 21.7. The molecule has 0 heterocycles. The van der Waals surface area contributed by atoms with Crippen molar-refractivity contribution in [2.24, 2.45) is 0 Å². The molecule has 0 aliphatic rings. The van der Waals surface area contributed by atoms with Crippen LogP contribution in [0, 0.1) is 0 Å². The van der Waals surface area contributed by atoms with Gasteiger partial charge in [-0.05, 0) is 54.0 Å². The quantitative estimate of drug-likeness (QED) is 0.472. The number of carboxylic acid groups (broad SMARTS) is 1. The molecule has 0 saturated heterocycles. The Balaban J connectivity index is -0.000000101. The van der Waals surface area contributed by atoms with Crippen LogP contribution >= 0.6 is 0 Å². The minimum atomic E-state index is -1.19. The van der Waals surface area contributed by atoms with Gasteiger partial charge in [0.25, 0.3) is 0 Å². The highest BCUT2D eigenvalue weighted by Crippen LogP contribution is 1.77. The normalized spacial score (nSPS) is 9.00. The fraction of sp³-hybridized carbons (Fsp3) is 0.812. The number of quaternary nitrogens is 2. The third-order valence-electron chi connectivity index (χ3n) is 3.35. The van der Waals surface area contributed by atoms with Gasteiger partial charge in [-0.25, -0.2) is 0 Å². The van der Waals surface area contributed by atoms with E-state index in [0.717, 1.165) is 0 Å². The smallest absolute Gasteiger partial charge is 0.0742 e. The first-order valence-electron chi connectivity index (χ1n) is 7.88. The Morgan fingerprint density at radius 3 is 0.952 bits per heavy atom. The first-order valence-corrected chi connectivity index (χ1v) is 7.88. The molecule has 21 heavy (non-hydrogen) atoms. The molecule has 0 aliphatic carbocycles. The number of carbonyl (C=O) groups excluding carboxylic acids is 1. The number of nitrogens with one attached hydrogen (secondary N) is 2. The fourth-order valence-corrected chi connectivity index (χ4v) is 1.50. The van der Waals surface area contributed by atoms with E-state index in [1.807, 2.05) is 0 Å². The third-order valence-corrected chi connectivity index (χ3v) is 3.35. The molecule has 0 aromatic rings. The summed E-state index contributed by atoms with van der Waals surface area (Å²) in [4.78, 5) is 12.8. The molecule has 0 rings (SSSR count). The van der Waals surface area contributed by atoms with Gasteiger partial charge in [0.2, 0.25) is 0 Å². The molecule has 0 saturated carbocycles. The molecule has 0 atom stereocenters. The summed E-state index contributed by atoms with van der Waals surface area (Å²) in [6, 6.07) is 0. The van der Waals surface area contributed by atoms with Crippen molar-refractivity contribution in [2.45, 2.75) is 48.5 Å². The molecule has 0 aromatic carbocycles. The van der Waals surface area contributed by atoms with Crippen molar-refractivity contribution in [3.05, 3.63) is 12.2 Å². The zero-order chi connectivity index (χ0) is 16.6. The lowest BCUT2D eigenvalue weighted by atomic mass is 10.4. The Labute approximate surface area is 138 Å². The monoisotopic (exact) mass is 324 g/mol. The highest BCUT2D eigenvalue weighted by atomic mass is 35.5. The molecular formula is C16H37ClN2O2. The molecule has 0 bridgehead atoms. The van der Waals surface area contributed by atoms with Crippen LogP contribution in [0.3, 0.4) is 0 Å². The zero-order valence-electron chi connectivity index (χ0n) is 15.1. The molecule has 0 aliphatic heterocycles. The van der Waals surface area contributed by atoms with Crippen molar-refractivity contribution in [1.29, 1.82) is 0 Å². The fourth-order valence-electron chi connectivity index (χ4n) is 1.50. The van der Waals surface area contributed by atoms with E-state index in [2.05, 4.69) is 48.1 Å². The minimum absolute atomic E-state index is 0. The van der Waals surface area contributed by atoms with Gasteiger partial charge in [-0.15, -0.1) is 0 Å². The Kier molecular flexibility index (Phi) is 29.5. The molecule has 5 heteroatoms. The molecule has 0 amide bonds. The maximum absolute atomic E-state index is 9.49. The molecular weight excluding hydrogens is 288 g/mol. The van der Waals surface area contributed by atoms with Gasteiger partial charge in [0.15, 0.2) is 0 Å². The second-order valence-electron chi connectivity index (χ2n) is 4.69. The summed E-state index contributed by atoms with van der Waals surface area (Å²) in [5.41, 5.74) is 0.0648. The summed E-state index contributed by atoms with van der Waals surface area (Å²) in [5, 5.41) is 9.49. The summed E-state index contributed by atoms with van der Waals surface area (Å²) >= 11 is 0. The van der Waals surface area contributed by atoms with Crippen LogP contribution < -0.4 is 27.3 Å². The SMILES string of the molecule is C=C(C)C(=O)[O-].CC[NH+](CC)CC.CC[NH+](CC)CC.[Cl-]. The average Bonchev–Trinajstić information content (AvgIpc) is 2.44. The van der Waals surface area contributed by atoms with E-state index >= 15 is 0 Å². The van der Waals surface area contributed by atoms with E-state index in [1.54, 1.807) is 9.80 Å². The van der Waals surface area contributed by atoms with Gasteiger partial charge >= 0.3 is 0 Å². The topological polar surface area (TPSA) is 49.0 Å². The molecule has 0 spiro atoms. The molecule has 2 N–H and O–H groups in total. The summed E-state index contributed by atoms with van der Waals surface area (Å²) in [5.74, 6) is -1.19. The highest BCUT2D eigenvalue weighted by Gasteiger charge is 1.93. The number of rotatable bonds is 7. The van der Waals surface area contributed by atoms with E-state index in [1.165, 1.54) is 46.2 Å². The molecule has 0 aromatic heterocycles. The largest absolute Gasteiger partial charge is 1.00 e. The standard InChI is InChI=1S/2C6H15N.C4H6O2.ClH/c2*1-4-7(5-2)6-3;1-3(2)4(5)6;/h2*4-6H2,1-3H3;1H2,2H3,(H,5,6);1H. The van der Waals surface area contributed by atoms with Crippen LogP contribution in [0.2, 0.25) is 0 Å². The predicted octanol–water partition coefficient (Wildman–Crippen LogP) is -3.82. The number of halogens is 1. The van der Waals surface area contributed by atoms with Crippen molar-refractivity contribution in [1.82, 2.24) is 0 Å². The van der Waals surface area contributed by atoms with E-state index in [0.29, 0.717) is 0 Å². The molecule has 0 radical (unpaired) electrons. The lowest BCUT2D eigenvalue weighted by molar-refractivity contribution is -0.894. The number of hydrogen-bond acceptors (Lipinski definition) is 2. The van der Waals surface area contributed by atoms with Crippen LogP contribution in [0.25, 0.3) is 0 Å². The van der Waals surface area contributed by atoms with Crippen LogP contribution in [0.1, 0.15) is 48.5 Å². The average molecular weight is 325 g/mol. The van der Waals surface area contributed by atoms with Crippen molar-refractivity contribution in [3.63, 3.8) is 0 Å². The van der Waals surface area contributed by atoms with E-state index in [4.69, 9.17) is 0 Å². The third kappa shape index (κ3) is 24.8. The predicted molar refractivity (Wildman–Crippen MR) is 85.0 cm³/mol. The first-order chi connectivity index (χ1) is 9.33. The Hall–Kier alpha value is -0.580. The van der Waals surface area contributed by atoms with Gasteiger partial charge in [0, 0.05) is 0 Å². The van der Waals surface area contributed by atoms with Crippen molar-refractivity contribution in [3.8, 4) is 0 Å². The maximum atomic E-state index is 9.49. The number of aliphatic carboxylic acids is 1. The van der Waals surface area contributed by atoms with Crippen molar-refractivity contribution in [2.75, 3.05) is 39.3 Å². The van der Waals surface area contributed by atoms with Crippen LogP contribution in [0.4, 0.5) is 0 Å². The number of carboxylic acids is 1. The van der Waals surface area contributed by atoms with E-state index in [9.17, 15) is 9.90 Å². The van der Waals surface area contributed by atoms with Crippen LogP contribution in [-0.4, -0.2) is 45.2 Å². The van der Waals surface area contributed by atoms with Gasteiger partial charge in [0.05, 0.1) is 45.2 Å². The van der Waals surface area contributed by atoms with Gasteiger partial charge in [-0.2, -0.15) is 0 Å². The van der Waals surface area contributed by atoms with Crippen molar-refractivity contribution >= 4 is 5.97 Å². The lowest BCUT2D eigenvalue weighted by Gasteiger charge is -2.10. The van der Waals surface area contributed by atoms with Crippen molar-refractivity contribution < 1.29 is 32.1 Å². The van der Waals surface area contributed by atoms with E-state index in [-0.39, 0.29) is 18.0 Å². The van der Waals surface area contributed by atoms with Crippen LogP contribution in [0.5, 0.6) is 0 Å². The summed E-state index contributed by atoms with van der Waals surface area (Å²) < 4.78 is 0. The van der Waals surface area contributed by atoms with Crippen LogP contribution in [-0.2, 0) is 4.79 Å². The van der Waals surface area contributed by atoms with Gasteiger partial charge < -0.3 is 32.1 Å². The Bertz CT molecular complexity index is 193. The molecule has 0 fully saturated rings. The van der Waals surface area contributed by atoms with Crippen LogP contribution in [0.15, 0.2) is 12.2 Å². The molecule has 4 nitrogen and oxygen atoms in total. The van der Waals surface area contributed by atoms with Gasteiger partial charge in [-0.3, -0.25) is 0 Å². The number of carbonyl (C=O) groups is 1. The summed E-state index contributed by atoms with van der Waals surface area (Å²) in [6.07, 6.45) is 0. The minimum Gasteiger partial charge on any atom is -1.00 e. The Morgan fingerprint density at radius 2 is 0.952 bits per heavy atom. The molecule has 0 unspecified atom stereocenters. The molecule has 130 valence electrons. The maximum Gasteiger partial charge on any atom is 0.0742 e. The summed E-state index contributed by atoms with van der Waals surface area (Å²) in [6.45, 7) is 25.4. The summed E-state index contributed by atoms with van der Waals surface area (Å²) in [7, 11) is 0.